The SMILES string of the molecule is Cc1ccccc1OC[C@@H](C)NC(=O)C1CCN(S(=O)(=O)Cc2ccc(F)cc2)CC1. The summed E-state index contributed by atoms with van der Waals surface area (Å²) in [4.78, 5) is 12.6. The number of carbonyl (C=O) groups is 1. The fraction of sp³-hybridized carbons (Fsp3) is 0.435. The van der Waals surface area contributed by atoms with Gasteiger partial charge < -0.3 is 10.1 Å². The third kappa shape index (κ3) is 6.51. The van der Waals surface area contributed by atoms with Crippen LogP contribution < -0.4 is 10.1 Å². The van der Waals surface area contributed by atoms with Crippen molar-refractivity contribution < 1.29 is 22.3 Å². The lowest BCUT2D eigenvalue weighted by molar-refractivity contribution is -0.126. The first kappa shape index (κ1) is 23.2. The maximum absolute atomic E-state index is 13.0. The average Bonchev–Trinajstić information content (AvgIpc) is 2.75. The molecule has 8 heteroatoms. The number of nitrogens with zero attached hydrogens (tertiary/aromatic N) is 1. The molecule has 0 aromatic heterocycles. The van der Waals surface area contributed by atoms with Crippen molar-refractivity contribution in [3.8, 4) is 5.75 Å². The number of hydrogen-bond donors (Lipinski definition) is 1. The lowest BCUT2D eigenvalue weighted by Gasteiger charge is -2.31. The molecule has 1 fully saturated rings. The Balaban J connectivity index is 1.45. The zero-order valence-corrected chi connectivity index (χ0v) is 18.7. The van der Waals surface area contributed by atoms with E-state index in [9.17, 15) is 17.6 Å². The van der Waals surface area contributed by atoms with Gasteiger partial charge in [0.05, 0.1) is 11.8 Å². The smallest absolute Gasteiger partial charge is 0.223 e. The van der Waals surface area contributed by atoms with Crippen LogP contribution in [0, 0.1) is 18.7 Å². The van der Waals surface area contributed by atoms with Gasteiger partial charge in [0, 0.05) is 19.0 Å². The molecule has 6 nitrogen and oxygen atoms in total. The maximum Gasteiger partial charge on any atom is 0.223 e. The summed E-state index contributed by atoms with van der Waals surface area (Å²) >= 11 is 0. The van der Waals surface area contributed by atoms with Crippen molar-refractivity contribution >= 4 is 15.9 Å². The van der Waals surface area contributed by atoms with Crippen LogP contribution in [0.25, 0.3) is 0 Å². The van der Waals surface area contributed by atoms with E-state index in [-0.39, 0.29) is 23.6 Å². The molecule has 1 atom stereocenters. The Hall–Kier alpha value is -2.45. The standard InChI is InChI=1S/C23H29FN2O4S/c1-17-5-3-4-6-22(17)30-15-18(2)25-23(27)20-11-13-26(14-12-20)31(28,29)16-19-7-9-21(24)10-8-19/h3-10,18,20H,11-16H2,1-2H3,(H,25,27)/t18-/m1/s1. The zero-order chi connectivity index (χ0) is 22.4. The van der Waals surface area contributed by atoms with Crippen LogP contribution in [0.4, 0.5) is 4.39 Å². The van der Waals surface area contributed by atoms with Crippen molar-refractivity contribution in [2.75, 3.05) is 19.7 Å². The number of nitrogens with one attached hydrogen (secondary N) is 1. The molecule has 1 saturated heterocycles. The summed E-state index contributed by atoms with van der Waals surface area (Å²) in [6, 6.07) is 13.0. The highest BCUT2D eigenvalue weighted by Gasteiger charge is 2.31. The largest absolute Gasteiger partial charge is 0.491 e. The van der Waals surface area contributed by atoms with Crippen molar-refractivity contribution in [3.05, 3.63) is 65.5 Å². The van der Waals surface area contributed by atoms with Gasteiger partial charge in [0.2, 0.25) is 15.9 Å². The van der Waals surface area contributed by atoms with Crippen molar-refractivity contribution in [1.82, 2.24) is 9.62 Å². The number of amides is 1. The Bertz CT molecular complexity index is 987. The second-order valence-electron chi connectivity index (χ2n) is 8.04. The van der Waals surface area contributed by atoms with Crippen molar-refractivity contribution in [2.45, 2.75) is 38.5 Å². The van der Waals surface area contributed by atoms with E-state index in [0.29, 0.717) is 38.1 Å². The molecular formula is C23H29FN2O4S. The van der Waals surface area contributed by atoms with E-state index in [4.69, 9.17) is 4.74 Å². The van der Waals surface area contributed by atoms with Crippen molar-refractivity contribution in [3.63, 3.8) is 0 Å². The lowest BCUT2D eigenvalue weighted by atomic mass is 9.97. The Morgan fingerprint density at radius 1 is 1.16 bits per heavy atom. The van der Waals surface area contributed by atoms with Crippen molar-refractivity contribution in [2.24, 2.45) is 5.92 Å². The molecule has 1 aliphatic rings. The number of halogens is 1. The summed E-state index contributed by atoms with van der Waals surface area (Å²) in [6.07, 6.45) is 0.944. The highest BCUT2D eigenvalue weighted by Crippen LogP contribution is 2.22. The van der Waals surface area contributed by atoms with E-state index < -0.39 is 15.8 Å². The third-order valence-electron chi connectivity index (χ3n) is 5.45. The van der Waals surface area contributed by atoms with Gasteiger partial charge in [-0.15, -0.1) is 0 Å². The van der Waals surface area contributed by atoms with Gasteiger partial charge in [0.25, 0.3) is 0 Å². The van der Waals surface area contributed by atoms with Gasteiger partial charge in [-0.25, -0.2) is 17.1 Å². The first-order valence-electron chi connectivity index (χ1n) is 10.5. The van der Waals surface area contributed by atoms with Crippen LogP contribution in [-0.2, 0) is 20.6 Å². The predicted octanol–water partition coefficient (Wildman–Crippen LogP) is 3.26. The Labute approximate surface area is 183 Å². The predicted molar refractivity (Wildman–Crippen MR) is 118 cm³/mol. The lowest BCUT2D eigenvalue weighted by Crippen LogP contribution is -2.46. The Kier molecular flexibility index (Phi) is 7.67. The van der Waals surface area contributed by atoms with Crippen LogP contribution in [0.2, 0.25) is 0 Å². The zero-order valence-electron chi connectivity index (χ0n) is 17.9. The molecule has 1 amide bonds. The summed E-state index contributed by atoms with van der Waals surface area (Å²) < 4.78 is 45.6. The normalized spacial score (nSPS) is 16.6. The van der Waals surface area contributed by atoms with Gasteiger partial charge in [-0.3, -0.25) is 4.79 Å². The summed E-state index contributed by atoms with van der Waals surface area (Å²) in [5, 5.41) is 2.97. The molecule has 0 radical (unpaired) electrons. The minimum absolute atomic E-state index is 0.0727. The van der Waals surface area contributed by atoms with Crippen LogP contribution in [0.5, 0.6) is 5.75 Å². The second-order valence-corrected chi connectivity index (χ2v) is 10.0. The van der Waals surface area contributed by atoms with Crippen LogP contribution in [0.15, 0.2) is 48.5 Å². The van der Waals surface area contributed by atoms with Gasteiger partial charge >= 0.3 is 0 Å². The van der Waals surface area contributed by atoms with Gasteiger partial charge in [-0.2, -0.15) is 0 Å². The molecule has 0 aliphatic carbocycles. The van der Waals surface area contributed by atoms with E-state index in [0.717, 1.165) is 11.3 Å². The topological polar surface area (TPSA) is 75.7 Å². The number of aryl methyl sites for hydroxylation is 1. The quantitative estimate of drug-likeness (QED) is 0.673. The molecule has 0 saturated carbocycles. The third-order valence-corrected chi connectivity index (χ3v) is 7.30. The number of sulfonamides is 1. The Morgan fingerprint density at radius 3 is 2.45 bits per heavy atom. The minimum Gasteiger partial charge on any atom is -0.491 e. The van der Waals surface area contributed by atoms with Crippen LogP contribution in [0.3, 0.4) is 0 Å². The number of rotatable bonds is 8. The number of hydrogen-bond acceptors (Lipinski definition) is 4. The van der Waals surface area contributed by atoms with Crippen LogP contribution in [-0.4, -0.2) is 44.4 Å². The molecule has 2 aromatic rings. The second kappa shape index (κ2) is 10.2. The first-order valence-corrected chi connectivity index (χ1v) is 12.1. The molecule has 3 rings (SSSR count). The molecule has 2 aromatic carbocycles. The van der Waals surface area contributed by atoms with Crippen molar-refractivity contribution in [1.29, 1.82) is 0 Å². The fourth-order valence-corrected chi connectivity index (χ4v) is 5.18. The molecule has 1 heterocycles. The van der Waals surface area contributed by atoms with E-state index in [1.54, 1.807) is 0 Å². The summed E-state index contributed by atoms with van der Waals surface area (Å²) in [5.41, 5.74) is 1.58. The molecule has 0 spiro atoms. The van der Waals surface area contributed by atoms with E-state index in [1.807, 2.05) is 38.1 Å². The minimum atomic E-state index is -3.51. The highest BCUT2D eigenvalue weighted by atomic mass is 32.2. The average molecular weight is 449 g/mol. The van der Waals surface area contributed by atoms with Gasteiger partial charge in [0.1, 0.15) is 18.2 Å². The van der Waals surface area contributed by atoms with E-state index >= 15 is 0 Å². The summed E-state index contributed by atoms with van der Waals surface area (Å²) in [5.74, 6) is -0.0679. The van der Waals surface area contributed by atoms with E-state index in [2.05, 4.69) is 5.32 Å². The number of ether oxygens (including phenoxy) is 1. The first-order chi connectivity index (χ1) is 14.7. The molecule has 1 N–H and O–H groups in total. The number of para-hydroxylation sites is 1. The Morgan fingerprint density at radius 2 is 1.81 bits per heavy atom. The van der Waals surface area contributed by atoms with Gasteiger partial charge in [0.15, 0.2) is 0 Å². The van der Waals surface area contributed by atoms with Gasteiger partial charge in [-0.05, 0) is 56.0 Å². The highest BCUT2D eigenvalue weighted by molar-refractivity contribution is 7.88. The monoisotopic (exact) mass is 448 g/mol. The van der Waals surface area contributed by atoms with E-state index in [1.165, 1.54) is 28.6 Å². The summed E-state index contributed by atoms with van der Waals surface area (Å²) in [6.45, 7) is 4.82. The molecule has 0 bridgehead atoms. The number of carbonyl (C=O) groups excluding carboxylic acids is 1. The molecule has 1 aliphatic heterocycles. The van der Waals surface area contributed by atoms with Gasteiger partial charge in [-0.1, -0.05) is 30.3 Å². The van der Waals surface area contributed by atoms with Crippen LogP contribution in [0.1, 0.15) is 30.9 Å². The maximum atomic E-state index is 13.0. The molecule has 31 heavy (non-hydrogen) atoms. The summed E-state index contributed by atoms with van der Waals surface area (Å²) in [7, 11) is -3.51. The number of benzene rings is 2. The van der Waals surface area contributed by atoms with Crippen LogP contribution >= 0.6 is 0 Å². The molecule has 168 valence electrons. The molecule has 0 unspecified atom stereocenters. The molecular weight excluding hydrogens is 419 g/mol. The number of piperidine rings is 1. The fourth-order valence-electron chi connectivity index (χ4n) is 3.61.